The van der Waals surface area contributed by atoms with Crippen molar-refractivity contribution in [3.8, 4) is 11.4 Å². The first kappa shape index (κ1) is 16.9. The fourth-order valence-corrected chi connectivity index (χ4v) is 2.93. The molecule has 4 aromatic rings. The van der Waals surface area contributed by atoms with Crippen LogP contribution in [0.1, 0.15) is 0 Å². The molecule has 0 aliphatic rings. The van der Waals surface area contributed by atoms with Crippen molar-refractivity contribution in [3.05, 3.63) is 87.9 Å². The van der Waals surface area contributed by atoms with Crippen LogP contribution in [0.25, 0.3) is 22.3 Å². The highest BCUT2D eigenvalue weighted by atomic mass is 35.5. The minimum atomic E-state index is -0.433. The lowest BCUT2D eigenvalue weighted by Gasteiger charge is -2.11. The molecule has 1 heterocycles. The molecule has 0 unspecified atom stereocenters. The van der Waals surface area contributed by atoms with Gasteiger partial charge in [0, 0.05) is 33.8 Å². The lowest BCUT2D eigenvalue weighted by molar-refractivity contribution is -0.384. The van der Waals surface area contributed by atoms with E-state index in [2.05, 4.69) is 15.3 Å². The Bertz CT molecular complexity index is 1150. The molecule has 0 aliphatic heterocycles. The molecule has 7 heteroatoms. The SMILES string of the molecule is O=[N+]([O-])c1ccc(-c2nc(Nc3cccc(Cl)c3)c3ccccc3n2)cc1. The second-order valence-corrected chi connectivity index (χ2v) is 6.29. The van der Waals surface area contributed by atoms with Gasteiger partial charge in [-0.25, -0.2) is 9.97 Å². The Morgan fingerprint density at radius 2 is 1.70 bits per heavy atom. The van der Waals surface area contributed by atoms with E-state index in [9.17, 15) is 10.1 Å². The zero-order valence-corrected chi connectivity index (χ0v) is 14.7. The largest absolute Gasteiger partial charge is 0.340 e. The molecule has 6 nitrogen and oxygen atoms in total. The van der Waals surface area contributed by atoms with Crippen molar-refractivity contribution < 1.29 is 4.92 Å². The van der Waals surface area contributed by atoms with E-state index in [1.54, 1.807) is 18.2 Å². The Morgan fingerprint density at radius 1 is 0.926 bits per heavy atom. The van der Waals surface area contributed by atoms with Gasteiger partial charge >= 0.3 is 0 Å². The maximum atomic E-state index is 10.9. The van der Waals surface area contributed by atoms with Gasteiger partial charge in [0.1, 0.15) is 5.82 Å². The van der Waals surface area contributed by atoms with Crippen LogP contribution in [0.15, 0.2) is 72.8 Å². The molecule has 0 fully saturated rings. The molecule has 0 radical (unpaired) electrons. The number of non-ortho nitro benzene ring substituents is 1. The van der Waals surface area contributed by atoms with Crippen LogP contribution < -0.4 is 5.32 Å². The van der Waals surface area contributed by atoms with Gasteiger partial charge in [0.25, 0.3) is 5.69 Å². The van der Waals surface area contributed by atoms with Gasteiger partial charge in [-0.2, -0.15) is 0 Å². The zero-order valence-electron chi connectivity index (χ0n) is 14.0. The normalized spacial score (nSPS) is 10.7. The van der Waals surface area contributed by atoms with E-state index in [4.69, 9.17) is 11.6 Å². The summed E-state index contributed by atoms with van der Waals surface area (Å²) in [6.45, 7) is 0. The summed E-state index contributed by atoms with van der Waals surface area (Å²) >= 11 is 6.07. The molecular weight excluding hydrogens is 364 g/mol. The third kappa shape index (κ3) is 3.56. The average Bonchev–Trinajstić information content (AvgIpc) is 2.68. The van der Waals surface area contributed by atoms with Gasteiger partial charge in [-0.15, -0.1) is 0 Å². The van der Waals surface area contributed by atoms with E-state index in [-0.39, 0.29) is 5.69 Å². The summed E-state index contributed by atoms with van der Waals surface area (Å²) in [6.07, 6.45) is 0. The molecule has 0 saturated carbocycles. The fraction of sp³-hybridized carbons (Fsp3) is 0. The predicted octanol–water partition coefficient (Wildman–Crippen LogP) is 5.60. The molecule has 132 valence electrons. The van der Waals surface area contributed by atoms with Crippen LogP contribution >= 0.6 is 11.6 Å². The van der Waals surface area contributed by atoms with Crippen molar-refractivity contribution in [1.82, 2.24) is 9.97 Å². The van der Waals surface area contributed by atoms with Crippen molar-refractivity contribution in [2.75, 3.05) is 5.32 Å². The first-order valence-electron chi connectivity index (χ1n) is 8.14. The maximum Gasteiger partial charge on any atom is 0.269 e. The lowest BCUT2D eigenvalue weighted by Crippen LogP contribution is -1.99. The van der Waals surface area contributed by atoms with Crippen LogP contribution in [0.2, 0.25) is 5.02 Å². The summed E-state index contributed by atoms with van der Waals surface area (Å²) in [5.41, 5.74) is 2.30. The molecule has 4 rings (SSSR count). The van der Waals surface area contributed by atoms with E-state index in [1.807, 2.05) is 42.5 Å². The summed E-state index contributed by atoms with van der Waals surface area (Å²) in [6, 6.07) is 21.2. The number of para-hydroxylation sites is 1. The Hall–Kier alpha value is -3.51. The minimum absolute atomic E-state index is 0.0248. The standard InChI is InChI=1S/C20H13ClN4O2/c21-14-4-3-5-15(12-14)22-20-17-6-1-2-7-18(17)23-19(24-20)13-8-10-16(11-9-13)25(26)27/h1-12H,(H,22,23,24). The molecule has 27 heavy (non-hydrogen) atoms. The number of hydrogen-bond donors (Lipinski definition) is 1. The van der Waals surface area contributed by atoms with Gasteiger partial charge < -0.3 is 5.32 Å². The van der Waals surface area contributed by atoms with Crippen molar-refractivity contribution >= 4 is 39.7 Å². The number of nitrogens with zero attached hydrogens (tertiary/aromatic N) is 3. The average molecular weight is 377 g/mol. The number of rotatable bonds is 4. The van der Waals surface area contributed by atoms with Crippen LogP contribution in [-0.4, -0.2) is 14.9 Å². The molecule has 0 bridgehead atoms. The number of benzene rings is 3. The number of anilines is 2. The third-order valence-corrected chi connectivity index (χ3v) is 4.26. The van der Waals surface area contributed by atoms with Gasteiger partial charge in [0.15, 0.2) is 5.82 Å². The number of halogens is 1. The van der Waals surface area contributed by atoms with Gasteiger partial charge in [0.2, 0.25) is 0 Å². The molecule has 0 saturated heterocycles. The number of aromatic nitrogens is 2. The Kier molecular flexibility index (Phi) is 4.40. The first-order chi connectivity index (χ1) is 13.1. The summed E-state index contributed by atoms with van der Waals surface area (Å²) < 4.78 is 0. The van der Waals surface area contributed by atoms with E-state index in [0.29, 0.717) is 22.2 Å². The van der Waals surface area contributed by atoms with Crippen LogP contribution in [-0.2, 0) is 0 Å². The molecule has 0 aliphatic carbocycles. The minimum Gasteiger partial charge on any atom is -0.340 e. The molecule has 1 N–H and O–H groups in total. The molecule has 1 aromatic heterocycles. The molecule has 0 amide bonds. The smallest absolute Gasteiger partial charge is 0.269 e. The maximum absolute atomic E-state index is 10.9. The van der Waals surface area contributed by atoms with Crippen LogP contribution in [0.5, 0.6) is 0 Å². The highest BCUT2D eigenvalue weighted by Gasteiger charge is 2.11. The highest BCUT2D eigenvalue weighted by molar-refractivity contribution is 6.30. The van der Waals surface area contributed by atoms with Crippen molar-refractivity contribution in [2.24, 2.45) is 0 Å². The number of nitrogens with one attached hydrogen (secondary N) is 1. The summed E-state index contributed by atoms with van der Waals surface area (Å²) in [5, 5.41) is 15.6. The van der Waals surface area contributed by atoms with E-state index < -0.39 is 4.92 Å². The Balaban J connectivity index is 1.81. The van der Waals surface area contributed by atoms with Crippen LogP contribution in [0.3, 0.4) is 0 Å². The summed E-state index contributed by atoms with van der Waals surface area (Å²) in [4.78, 5) is 19.7. The van der Waals surface area contributed by atoms with E-state index in [1.165, 1.54) is 12.1 Å². The molecule has 0 spiro atoms. The fourth-order valence-electron chi connectivity index (χ4n) is 2.74. The lowest BCUT2D eigenvalue weighted by atomic mass is 10.1. The predicted molar refractivity (Wildman–Crippen MR) is 106 cm³/mol. The second-order valence-electron chi connectivity index (χ2n) is 5.85. The van der Waals surface area contributed by atoms with Crippen molar-refractivity contribution in [2.45, 2.75) is 0 Å². The first-order valence-corrected chi connectivity index (χ1v) is 8.52. The molecular formula is C20H13ClN4O2. The topological polar surface area (TPSA) is 81.0 Å². The Morgan fingerprint density at radius 3 is 2.44 bits per heavy atom. The third-order valence-electron chi connectivity index (χ3n) is 4.03. The monoisotopic (exact) mass is 376 g/mol. The zero-order chi connectivity index (χ0) is 18.8. The molecule has 0 atom stereocenters. The van der Waals surface area contributed by atoms with Crippen molar-refractivity contribution in [3.63, 3.8) is 0 Å². The van der Waals surface area contributed by atoms with Gasteiger partial charge in [0.05, 0.1) is 10.4 Å². The van der Waals surface area contributed by atoms with Crippen molar-refractivity contribution in [1.29, 1.82) is 0 Å². The van der Waals surface area contributed by atoms with Gasteiger partial charge in [-0.1, -0.05) is 29.8 Å². The van der Waals surface area contributed by atoms with E-state index in [0.717, 1.165) is 16.6 Å². The molecule has 3 aromatic carbocycles. The number of nitro groups is 1. The van der Waals surface area contributed by atoms with Gasteiger partial charge in [-0.05, 0) is 42.5 Å². The number of hydrogen-bond acceptors (Lipinski definition) is 5. The number of fused-ring (bicyclic) bond motifs is 1. The number of nitro benzene ring substituents is 1. The van der Waals surface area contributed by atoms with Gasteiger partial charge in [-0.3, -0.25) is 10.1 Å². The Labute approximate surface area is 159 Å². The quantitative estimate of drug-likeness (QED) is 0.370. The summed E-state index contributed by atoms with van der Waals surface area (Å²) in [5.74, 6) is 1.12. The summed E-state index contributed by atoms with van der Waals surface area (Å²) in [7, 11) is 0. The van der Waals surface area contributed by atoms with Crippen LogP contribution in [0, 0.1) is 10.1 Å². The van der Waals surface area contributed by atoms with E-state index >= 15 is 0 Å². The highest BCUT2D eigenvalue weighted by Crippen LogP contribution is 2.28. The second kappa shape index (κ2) is 7.01. The van der Waals surface area contributed by atoms with Crippen LogP contribution in [0.4, 0.5) is 17.2 Å².